The molecule has 0 saturated carbocycles. The van der Waals surface area contributed by atoms with Gasteiger partial charge in [-0.3, -0.25) is 14.2 Å². The number of para-hydroxylation sites is 1. The first-order chi connectivity index (χ1) is 14.4. The van der Waals surface area contributed by atoms with Crippen LogP contribution in [0.1, 0.15) is 25.3 Å². The van der Waals surface area contributed by atoms with Gasteiger partial charge in [-0.2, -0.15) is 0 Å². The predicted molar refractivity (Wildman–Crippen MR) is 123 cm³/mol. The first-order valence-corrected chi connectivity index (χ1v) is 10.8. The van der Waals surface area contributed by atoms with Crippen molar-refractivity contribution in [1.82, 2.24) is 9.55 Å². The summed E-state index contributed by atoms with van der Waals surface area (Å²) >= 11 is 7.39. The van der Waals surface area contributed by atoms with Gasteiger partial charge in [-0.15, -0.1) is 11.3 Å². The van der Waals surface area contributed by atoms with Crippen molar-refractivity contribution < 1.29 is 4.79 Å². The number of thiophene rings is 1. The van der Waals surface area contributed by atoms with Gasteiger partial charge >= 0.3 is 0 Å². The molecular formula is C23H20ClN3O2S. The maximum Gasteiger partial charge on any atom is 0.263 e. The van der Waals surface area contributed by atoms with Gasteiger partial charge in [0.25, 0.3) is 5.56 Å². The standard InChI is InChI=1S/C23H20ClN3O2S/c1-14(2)17-5-3-4-6-19(17)26-20(28)11-27-13-25-22-21(23(27)29)18(12-30-22)15-7-9-16(24)10-8-15/h3-10,12-14H,11H2,1-2H3,(H,26,28). The molecule has 0 saturated heterocycles. The number of carbonyl (C=O) groups excluding carboxylic acids is 1. The molecule has 0 spiro atoms. The van der Waals surface area contributed by atoms with Crippen molar-refractivity contribution in [3.05, 3.63) is 81.2 Å². The highest BCUT2D eigenvalue weighted by atomic mass is 35.5. The summed E-state index contributed by atoms with van der Waals surface area (Å²) in [6.07, 6.45) is 1.43. The van der Waals surface area contributed by atoms with Gasteiger partial charge in [0.2, 0.25) is 5.91 Å². The fourth-order valence-electron chi connectivity index (χ4n) is 3.38. The predicted octanol–water partition coefficient (Wildman–Crippen LogP) is 5.54. The lowest BCUT2D eigenvalue weighted by Gasteiger charge is -2.14. The zero-order chi connectivity index (χ0) is 21.3. The highest BCUT2D eigenvalue weighted by Gasteiger charge is 2.15. The van der Waals surface area contributed by atoms with Crippen molar-refractivity contribution in [1.29, 1.82) is 0 Å². The number of fused-ring (bicyclic) bond motifs is 1. The SMILES string of the molecule is CC(C)c1ccccc1NC(=O)Cn1cnc2scc(-c3ccc(Cl)cc3)c2c1=O. The third-order valence-electron chi connectivity index (χ3n) is 4.89. The first-order valence-electron chi connectivity index (χ1n) is 9.55. The Hall–Kier alpha value is -2.96. The molecule has 4 rings (SSSR count). The van der Waals surface area contributed by atoms with E-state index in [0.717, 1.165) is 22.4 Å². The van der Waals surface area contributed by atoms with Crippen LogP contribution in [0.25, 0.3) is 21.3 Å². The molecule has 1 N–H and O–H groups in total. The summed E-state index contributed by atoms with van der Waals surface area (Å²) in [6.45, 7) is 4.04. The molecule has 0 radical (unpaired) electrons. The minimum absolute atomic E-state index is 0.107. The quantitative estimate of drug-likeness (QED) is 0.445. The van der Waals surface area contributed by atoms with Crippen LogP contribution in [0.5, 0.6) is 0 Å². The lowest BCUT2D eigenvalue weighted by Crippen LogP contribution is -2.28. The summed E-state index contributed by atoms with van der Waals surface area (Å²) in [6, 6.07) is 15.0. The summed E-state index contributed by atoms with van der Waals surface area (Å²) in [7, 11) is 0. The molecule has 30 heavy (non-hydrogen) atoms. The first kappa shape index (κ1) is 20.3. The Labute approximate surface area is 183 Å². The second-order valence-corrected chi connectivity index (χ2v) is 8.60. The second kappa shape index (κ2) is 8.42. The van der Waals surface area contributed by atoms with Crippen molar-refractivity contribution in [3.8, 4) is 11.1 Å². The number of anilines is 1. The van der Waals surface area contributed by atoms with Gasteiger partial charge in [0.1, 0.15) is 11.4 Å². The largest absolute Gasteiger partial charge is 0.324 e. The van der Waals surface area contributed by atoms with E-state index in [9.17, 15) is 9.59 Å². The van der Waals surface area contributed by atoms with Crippen LogP contribution in [0.4, 0.5) is 5.69 Å². The average molecular weight is 438 g/mol. The Morgan fingerprint density at radius 2 is 1.90 bits per heavy atom. The van der Waals surface area contributed by atoms with Gasteiger partial charge in [-0.25, -0.2) is 4.98 Å². The molecule has 0 fully saturated rings. The van der Waals surface area contributed by atoms with E-state index < -0.39 is 0 Å². The zero-order valence-corrected chi connectivity index (χ0v) is 18.1. The molecule has 7 heteroatoms. The number of nitrogens with one attached hydrogen (secondary N) is 1. The number of hydrogen-bond donors (Lipinski definition) is 1. The van der Waals surface area contributed by atoms with E-state index in [2.05, 4.69) is 24.1 Å². The molecule has 0 unspecified atom stereocenters. The molecule has 2 aromatic heterocycles. The van der Waals surface area contributed by atoms with Crippen molar-refractivity contribution in [2.24, 2.45) is 0 Å². The monoisotopic (exact) mass is 437 g/mol. The zero-order valence-electron chi connectivity index (χ0n) is 16.6. The van der Waals surface area contributed by atoms with Gasteiger partial charge < -0.3 is 5.32 Å². The number of halogens is 1. The molecule has 4 aromatic rings. The lowest BCUT2D eigenvalue weighted by molar-refractivity contribution is -0.116. The van der Waals surface area contributed by atoms with Crippen LogP contribution >= 0.6 is 22.9 Å². The second-order valence-electron chi connectivity index (χ2n) is 7.30. The molecule has 2 heterocycles. The Balaban J connectivity index is 1.65. The number of carbonyl (C=O) groups is 1. The van der Waals surface area contributed by atoms with Crippen LogP contribution in [0, 0.1) is 0 Å². The minimum Gasteiger partial charge on any atom is -0.324 e. The van der Waals surface area contributed by atoms with Crippen LogP contribution in [0.3, 0.4) is 0 Å². The Morgan fingerprint density at radius 1 is 1.17 bits per heavy atom. The van der Waals surface area contributed by atoms with Crippen molar-refractivity contribution in [2.45, 2.75) is 26.3 Å². The van der Waals surface area contributed by atoms with E-state index in [-0.39, 0.29) is 23.9 Å². The fourth-order valence-corrected chi connectivity index (χ4v) is 4.41. The van der Waals surface area contributed by atoms with Crippen LogP contribution in [0.2, 0.25) is 5.02 Å². The molecule has 5 nitrogen and oxygen atoms in total. The van der Waals surface area contributed by atoms with E-state index in [1.807, 2.05) is 41.8 Å². The smallest absolute Gasteiger partial charge is 0.263 e. The van der Waals surface area contributed by atoms with E-state index in [4.69, 9.17) is 11.6 Å². The van der Waals surface area contributed by atoms with Gasteiger partial charge in [-0.05, 0) is 35.2 Å². The van der Waals surface area contributed by atoms with Crippen molar-refractivity contribution in [2.75, 3.05) is 5.32 Å². The summed E-state index contributed by atoms with van der Waals surface area (Å²) in [5.41, 5.74) is 3.26. The van der Waals surface area contributed by atoms with Gasteiger partial charge in [0, 0.05) is 21.7 Å². The highest BCUT2D eigenvalue weighted by molar-refractivity contribution is 7.17. The van der Waals surface area contributed by atoms with Crippen LogP contribution in [0.15, 0.2) is 65.0 Å². The van der Waals surface area contributed by atoms with E-state index in [0.29, 0.717) is 15.2 Å². The van der Waals surface area contributed by atoms with Crippen LogP contribution < -0.4 is 10.9 Å². The van der Waals surface area contributed by atoms with Crippen molar-refractivity contribution in [3.63, 3.8) is 0 Å². The highest BCUT2D eigenvalue weighted by Crippen LogP contribution is 2.31. The molecule has 0 aliphatic carbocycles. The number of nitrogens with zero attached hydrogens (tertiary/aromatic N) is 2. The fraction of sp³-hybridized carbons (Fsp3) is 0.174. The Bertz CT molecular complexity index is 1280. The number of aromatic nitrogens is 2. The molecule has 0 atom stereocenters. The molecule has 0 bridgehead atoms. The molecular weight excluding hydrogens is 418 g/mol. The summed E-state index contributed by atoms with van der Waals surface area (Å²) < 4.78 is 1.35. The topological polar surface area (TPSA) is 64.0 Å². The Kier molecular flexibility index (Phi) is 5.70. The van der Waals surface area contributed by atoms with Gasteiger partial charge in [0.05, 0.1) is 11.7 Å². The molecule has 0 aliphatic rings. The van der Waals surface area contributed by atoms with E-state index in [1.54, 1.807) is 12.1 Å². The van der Waals surface area contributed by atoms with Gasteiger partial charge in [-0.1, -0.05) is 55.8 Å². The number of benzene rings is 2. The van der Waals surface area contributed by atoms with Gasteiger partial charge in [0.15, 0.2) is 0 Å². The summed E-state index contributed by atoms with van der Waals surface area (Å²) in [5.74, 6) is 0.00426. The number of hydrogen-bond acceptors (Lipinski definition) is 4. The third kappa shape index (κ3) is 4.01. The normalized spacial score (nSPS) is 11.2. The minimum atomic E-state index is -0.269. The Morgan fingerprint density at radius 3 is 2.63 bits per heavy atom. The maximum absolute atomic E-state index is 13.1. The number of rotatable bonds is 5. The molecule has 2 aromatic carbocycles. The molecule has 0 aliphatic heterocycles. The van der Waals surface area contributed by atoms with E-state index in [1.165, 1.54) is 22.2 Å². The molecule has 152 valence electrons. The summed E-state index contributed by atoms with van der Waals surface area (Å²) in [5, 5.41) is 5.98. The van der Waals surface area contributed by atoms with Crippen molar-refractivity contribution >= 4 is 44.7 Å². The van der Waals surface area contributed by atoms with Crippen LogP contribution in [-0.4, -0.2) is 15.5 Å². The van der Waals surface area contributed by atoms with E-state index >= 15 is 0 Å². The molecule has 1 amide bonds. The average Bonchev–Trinajstić information content (AvgIpc) is 3.16. The lowest BCUT2D eigenvalue weighted by atomic mass is 10.0. The number of amides is 1. The maximum atomic E-state index is 13.1. The summed E-state index contributed by atoms with van der Waals surface area (Å²) in [4.78, 5) is 30.8. The third-order valence-corrected chi connectivity index (χ3v) is 6.03. The van der Waals surface area contributed by atoms with Crippen LogP contribution in [-0.2, 0) is 11.3 Å².